The van der Waals surface area contributed by atoms with E-state index in [9.17, 15) is 4.79 Å². The fourth-order valence-corrected chi connectivity index (χ4v) is 4.16. The van der Waals surface area contributed by atoms with Gasteiger partial charge >= 0.3 is 0 Å². The van der Waals surface area contributed by atoms with E-state index in [1.54, 1.807) is 22.7 Å². The van der Waals surface area contributed by atoms with Crippen LogP contribution in [0.4, 0.5) is 0 Å². The summed E-state index contributed by atoms with van der Waals surface area (Å²) in [6.45, 7) is 1.41. The summed E-state index contributed by atoms with van der Waals surface area (Å²) in [6.07, 6.45) is 1.99. The third-order valence-electron chi connectivity index (χ3n) is 2.91. The molecule has 1 aliphatic rings. The van der Waals surface area contributed by atoms with E-state index in [0.717, 1.165) is 24.3 Å². The van der Waals surface area contributed by atoms with E-state index in [1.807, 2.05) is 6.07 Å². The predicted octanol–water partition coefficient (Wildman–Crippen LogP) is 3.57. The third-order valence-corrected chi connectivity index (χ3v) is 5.02. The molecule has 0 bridgehead atoms. The number of thiophene rings is 2. The largest absolute Gasteiger partial charge is 0.381 e. The van der Waals surface area contributed by atoms with Gasteiger partial charge in [-0.15, -0.1) is 22.7 Å². The number of ether oxygens (including phenoxy) is 1. The Bertz CT molecular complexity index is 477. The first-order chi connectivity index (χ1) is 7.84. The fourth-order valence-electron chi connectivity index (χ4n) is 2.04. The molecule has 0 radical (unpaired) electrons. The van der Waals surface area contributed by atoms with Crippen LogP contribution in [-0.2, 0) is 4.74 Å². The topological polar surface area (TPSA) is 26.3 Å². The van der Waals surface area contributed by atoms with E-state index < -0.39 is 0 Å². The molecule has 84 valence electrons. The van der Waals surface area contributed by atoms with Gasteiger partial charge in [0.15, 0.2) is 5.78 Å². The maximum atomic E-state index is 12.2. The number of ketones is 1. The van der Waals surface area contributed by atoms with Gasteiger partial charge in [0.05, 0.1) is 11.5 Å². The minimum atomic E-state index is 0.0847. The summed E-state index contributed by atoms with van der Waals surface area (Å²) in [4.78, 5) is 13.1. The summed E-state index contributed by atoms with van der Waals surface area (Å²) in [5, 5.41) is 2.07. The Morgan fingerprint density at radius 1 is 1.44 bits per heavy atom. The first-order valence-electron chi connectivity index (χ1n) is 5.43. The Kier molecular flexibility index (Phi) is 2.79. The SMILES string of the molecule is O=C(c1cc2sccc2s1)C1CCCOC1. The molecule has 1 unspecified atom stereocenters. The van der Waals surface area contributed by atoms with Gasteiger partial charge in [-0.25, -0.2) is 0 Å². The van der Waals surface area contributed by atoms with Crippen molar-refractivity contribution in [2.75, 3.05) is 13.2 Å². The summed E-state index contributed by atoms with van der Waals surface area (Å²) < 4.78 is 7.82. The molecule has 16 heavy (non-hydrogen) atoms. The maximum Gasteiger partial charge on any atom is 0.178 e. The molecule has 3 rings (SSSR count). The summed E-state index contributed by atoms with van der Waals surface area (Å²) in [6, 6.07) is 4.11. The molecule has 0 aliphatic carbocycles. The van der Waals surface area contributed by atoms with Gasteiger partial charge in [-0.05, 0) is 30.4 Å². The van der Waals surface area contributed by atoms with Crippen molar-refractivity contribution in [3.63, 3.8) is 0 Å². The lowest BCUT2D eigenvalue weighted by Crippen LogP contribution is -2.24. The first-order valence-corrected chi connectivity index (χ1v) is 7.13. The zero-order valence-electron chi connectivity index (χ0n) is 8.77. The molecule has 3 heterocycles. The zero-order valence-corrected chi connectivity index (χ0v) is 10.4. The quantitative estimate of drug-likeness (QED) is 0.764. The third kappa shape index (κ3) is 1.81. The first kappa shape index (κ1) is 10.4. The second-order valence-electron chi connectivity index (χ2n) is 4.04. The molecule has 0 aromatic carbocycles. The number of Topliss-reactive ketones (excluding diaryl/α,β-unsaturated/α-hetero) is 1. The highest BCUT2D eigenvalue weighted by Gasteiger charge is 2.24. The van der Waals surface area contributed by atoms with Crippen LogP contribution in [0.25, 0.3) is 9.40 Å². The van der Waals surface area contributed by atoms with Crippen LogP contribution in [0.5, 0.6) is 0 Å². The molecule has 0 amide bonds. The average molecular weight is 252 g/mol. The van der Waals surface area contributed by atoms with Crippen LogP contribution < -0.4 is 0 Å². The number of hydrogen-bond acceptors (Lipinski definition) is 4. The lowest BCUT2D eigenvalue weighted by atomic mass is 9.96. The van der Waals surface area contributed by atoms with Crippen LogP contribution in [-0.4, -0.2) is 19.0 Å². The molecule has 4 heteroatoms. The van der Waals surface area contributed by atoms with Crippen molar-refractivity contribution in [2.24, 2.45) is 5.92 Å². The average Bonchev–Trinajstić information content (AvgIpc) is 2.89. The van der Waals surface area contributed by atoms with Gasteiger partial charge in [0, 0.05) is 21.9 Å². The fraction of sp³-hybridized carbons (Fsp3) is 0.417. The van der Waals surface area contributed by atoms with Crippen molar-refractivity contribution in [3.05, 3.63) is 22.4 Å². The van der Waals surface area contributed by atoms with E-state index in [-0.39, 0.29) is 11.7 Å². The maximum absolute atomic E-state index is 12.2. The van der Waals surface area contributed by atoms with E-state index in [2.05, 4.69) is 11.4 Å². The molecule has 2 aromatic heterocycles. The van der Waals surface area contributed by atoms with Gasteiger partial charge in [0.1, 0.15) is 0 Å². The second-order valence-corrected chi connectivity index (χ2v) is 6.07. The molecule has 1 saturated heterocycles. The molecular weight excluding hydrogens is 240 g/mol. The van der Waals surface area contributed by atoms with Crippen LogP contribution in [0.1, 0.15) is 22.5 Å². The summed E-state index contributed by atoms with van der Waals surface area (Å²) >= 11 is 3.31. The minimum absolute atomic E-state index is 0.0847. The summed E-state index contributed by atoms with van der Waals surface area (Å²) in [5.41, 5.74) is 0. The highest BCUT2D eigenvalue weighted by molar-refractivity contribution is 7.27. The van der Waals surface area contributed by atoms with E-state index >= 15 is 0 Å². The normalized spacial score (nSPS) is 21.4. The Morgan fingerprint density at radius 2 is 2.38 bits per heavy atom. The van der Waals surface area contributed by atoms with Crippen molar-refractivity contribution in [2.45, 2.75) is 12.8 Å². The summed E-state index contributed by atoms with van der Waals surface area (Å²) in [5.74, 6) is 0.356. The Hall–Kier alpha value is -0.710. The predicted molar refractivity (Wildman–Crippen MR) is 67.6 cm³/mol. The number of carbonyl (C=O) groups excluding carboxylic acids is 1. The highest BCUT2D eigenvalue weighted by Crippen LogP contribution is 2.32. The molecule has 2 nitrogen and oxygen atoms in total. The van der Waals surface area contributed by atoms with Gasteiger partial charge in [0.2, 0.25) is 0 Å². The van der Waals surface area contributed by atoms with Crippen LogP contribution in [0.15, 0.2) is 17.5 Å². The van der Waals surface area contributed by atoms with Gasteiger partial charge in [-0.1, -0.05) is 0 Å². The van der Waals surface area contributed by atoms with Crippen LogP contribution in [0, 0.1) is 5.92 Å². The number of rotatable bonds is 2. The molecule has 1 fully saturated rings. The van der Waals surface area contributed by atoms with Crippen molar-refractivity contribution < 1.29 is 9.53 Å². The lowest BCUT2D eigenvalue weighted by molar-refractivity contribution is 0.0464. The molecule has 0 N–H and O–H groups in total. The van der Waals surface area contributed by atoms with E-state index in [0.29, 0.717) is 6.61 Å². The molecule has 1 aliphatic heterocycles. The van der Waals surface area contributed by atoms with Crippen LogP contribution >= 0.6 is 22.7 Å². The van der Waals surface area contributed by atoms with Crippen LogP contribution in [0.3, 0.4) is 0 Å². The number of fused-ring (bicyclic) bond motifs is 1. The monoisotopic (exact) mass is 252 g/mol. The van der Waals surface area contributed by atoms with Gasteiger partial charge in [-0.2, -0.15) is 0 Å². The Balaban J connectivity index is 1.86. The van der Waals surface area contributed by atoms with Gasteiger partial charge in [0.25, 0.3) is 0 Å². The van der Waals surface area contributed by atoms with E-state index in [1.165, 1.54) is 9.40 Å². The smallest absolute Gasteiger partial charge is 0.178 e. The van der Waals surface area contributed by atoms with E-state index in [4.69, 9.17) is 4.74 Å². The van der Waals surface area contributed by atoms with Crippen LogP contribution in [0.2, 0.25) is 0 Å². The zero-order chi connectivity index (χ0) is 11.0. The Labute approximate surface area is 102 Å². The minimum Gasteiger partial charge on any atom is -0.381 e. The summed E-state index contributed by atoms with van der Waals surface area (Å²) in [7, 11) is 0. The van der Waals surface area contributed by atoms with Crippen molar-refractivity contribution in [1.82, 2.24) is 0 Å². The standard InChI is InChI=1S/C12H12O2S2/c13-12(8-2-1-4-14-7-8)11-6-10-9(16-11)3-5-15-10/h3,5-6,8H,1-2,4,7H2. The lowest BCUT2D eigenvalue weighted by Gasteiger charge is -2.19. The van der Waals surface area contributed by atoms with Crippen molar-refractivity contribution >= 4 is 37.9 Å². The molecule has 0 spiro atoms. The van der Waals surface area contributed by atoms with Gasteiger partial charge < -0.3 is 4.74 Å². The highest BCUT2D eigenvalue weighted by atomic mass is 32.1. The second kappa shape index (κ2) is 4.28. The molecular formula is C12H12O2S2. The van der Waals surface area contributed by atoms with Crippen molar-refractivity contribution in [3.8, 4) is 0 Å². The molecule has 2 aromatic rings. The number of hydrogen-bond donors (Lipinski definition) is 0. The van der Waals surface area contributed by atoms with Gasteiger partial charge in [-0.3, -0.25) is 4.79 Å². The number of carbonyl (C=O) groups is 1. The molecule has 0 saturated carbocycles. The Morgan fingerprint density at radius 3 is 3.12 bits per heavy atom. The molecule has 1 atom stereocenters. The van der Waals surface area contributed by atoms with Crippen molar-refractivity contribution in [1.29, 1.82) is 0 Å².